The minimum atomic E-state index is 0.561. The van der Waals surface area contributed by atoms with E-state index in [-0.39, 0.29) is 0 Å². The second-order valence-corrected chi connectivity index (χ2v) is 6.22. The van der Waals surface area contributed by atoms with Crippen molar-refractivity contribution in [3.8, 4) is 6.07 Å². The van der Waals surface area contributed by atoms with Crippen molar-refractivity contribution in [1.82, 2.24) is 9.97 Å². The molecular formula is C15H13BrClN5. The molecule has 0 atom stereocenters. The number of hydrogen-bond acceptors (Lipinski definition) is 5. The molecule has 2 heterocycles. The van der Waals surface area contributed by atoms with E-state index >= 15 is 0 Å². The van der Waals surface area contributed by atoms with Gasteiger partial charge in [0, 0.05) is 48.1 Å². The molecule has 3 rings (SSSR count). The Balaban J connectivity index is 1.79. The van der Waals surface area contributed by atoms with Gasteiger partial charge in [0.1, 0.15) is 11.9 Å². The molecule has 0 radical (unpaired) electrons. The Morgan fingerprint density at radius 1 is 1.14 bits per heavy atom. The van der Waals surface area contributed by atoms with Gasteiger partial charge in [-0.15, -0.1) is 0 Å². The van der Waals surface area contributed by atoms with E-state index in [1.54, 1.807) is 24.7 Å². The summed E-state index contributed by atoms with van der Waals surface area (Å²) in [5, 5.41) is 9.90. The molecule has 0 unspecified atom stereocenters. The summed E-state index contributed by atoms with van der Waals surface area (Å²) in [6.45, 7) is 3.29. The van der Waals surface area contributed by atoms with Gasteiger partial charge in [-0.05, 0) is 28.1 Å². The smallest absolute Gasteiger partial charge is 0.147 e. The van der Waals surface area contributed by atoms with Crippen LogP contribution in [0.2, 0.25) is 5.02 Å². The SMILES string of the molecule is N#Cc1cc(Cl)cc(Br)c1N1CCN(c2cnccn2)CC1. The summed E-state index contributed by atoms with van der Waals surface area (Å²) in [5.74, 6) is 0.887. The Bertz CT molecular complexity index is 708. The van der Waals surface area contributed by atoms with Crippen molar-refractivity contribution in [2.45, 2.75) is 0 Å². The van der Waals surface area contributed by atoms with Crippen molar-refractivity contribution in [2.24, 2.45) is 0 Å². The van der Waals surface area contributed by atoms with Crippen LogP contribution < -0.4 is 9.80 Å². The van der Waals surface area contributed by atoms with Crippen LogP contribution in [0.15, 0.2) is 35.2 Å². The third-order valence-corrected chi connectivity index (χ3v) is 4.44. The molecule has 0 saturated carbocycles. The van der Waals surface area contributed by atoms with Crippen LogP contribution in [-0.4, -0.2) is 36.1 Å². The minimum absolute atomic E-state index is 0.561. The van der Waals surface area contributed by atoms with Gasteiger partial charge in [0.25, 0.3) is 0 Å². The molecule has 0 aliphatic carbocycles. The van der Waals surface area contributed by atoms with Crippen LogP contribution in [0, 0.1) is 11.3 Å². The maximum absolute atomic E-state index is 9.34. The molecule has 0 bridgehead atoms. The molecule has 0 spiro atoms. The van der Waals surface area contributed by atoms with Crippen LogP contribution in [0.1, 0.15) is 5.56 Å². The Morgan fingerprint density at radius 3 is 2.50 bits per heavy atom. The number of benzene rings is 1. The second-order valence-electron chi connectivity index (χ2n) is 4.93. The molecule has 7 heteroatoms. The van der Waals surface area contributed by atoms with Crippen LogP contribution >= 0.6 is 27.5 Å². The number of nitrogens with zero attached hydrogens (tertiary/aromatic N) is 5. The number of aromatic nitrogens is 2. The van der Waals surface area contributed by atoms with Crippen molar-refractivity contribution < 1.29 is 0 Å². The summed E-state index contributed by atoms with van der Waals surface area (Å²) in [4.78, 5) is 12.8. The van der Waals surface area contributed by atoms with Crippen molar-refractivity contribution >= 4 is 39.0 Å². The van der Waals surface area contributed by atoms with Crippen molar-refractivity contribution in [3.63, 3.8) is 0 Å². The van der Waals surface area contributed by atoms with Crippen LogP contribution in [-0.2, 0) is 0 Å². The summed E-state index contributed by atoms with van der Waals surface area (Å²) in [6.07, 6.45) is 5.14. The first-order valence-corrected chi connectivity index (χ1v) is 8.01. The predicted octanol–water partition coefficient (Wildman–Crippen LogP) is 3.09. The number of piperazine rings is 1. The Hall–Kier alpha value is -1.84. The van der Waals surface area contributed by atoms with E-state index in [9.17, 15) is 5.26 Å². The number of anilines is 2. The molecule has 1 aromatic heterocycles. The van der Waals surface area contributed by atoms with E-state index < -0.39 is 0 Å². The van der Waals surface area contributed by atoms with Gasteiger partial charge < -0.3 is 9.80 Å². The molecule has 112 valence electrons. The molecule has 1 aliphatic heterocycles. The van der Waals surface area contributed by atoms with Gasteiger partial charge in [0.2, 0.25) is 0 Å². The Kier molecular flexibility index (Phi) is 4.46. The summed E-state index contributed by atoms with van der Waals surface area (Å²) in [5.41, 5.74) is 1.50. The van der Waals surface area contributed by atoms with Crippen LogP contribution in [0.25, 0.3) is 0 Å². The molecular weight excluding hydrogens is 366 g/mol. The van der Waals surface area contributed by atoms with E-state index in [1.165, 1.54) is 0 Å². The predicted molar refractivity (Wildman–Crippen MR) is 90.3 cm³/mol. The van der Waals surface area contributed by atoms with Crippen LogP contribution in [0.4, 0.5) is 11.5 Å². The Morgan fingerprint density at radius 2 is 1.86 bits per heavy atom. The van der Waals surface area contributed by atoms with Gasteiger partial charge in [-0.3, -0.25) is 4.98 Å². The van der Waals surface area contributed by atoms with Gasteiger partial charge in [0.15, 0.2) is 0 Å². The standard InChI is InChI=1S/C15H13BrClN5/c16-13-8-12(17)7-11(9-18)15(13)22-5-3-21(4-6-22)14-10-19-1-2-20-14/h1-2,7-8,10H,3-6H2. The number of nitriles is 1. The highest BCUT2D eigenvalue weighted by Crippen LogP contribution is 2.34. The lowest BCUT2D eigenvalue weighted by Crippen LogP contribution is -2.47. The first-order valence-electron chi connectivity index (χ1n) is 6.84. The van der Waals surface area contributed by atoms with Crippen molar-refractivity contribution in [1.29, 1.82) is 5.26 Å². The zero-order valence-electron chi connectivity index (χ0n) is 11.7. The molecule has 2 aromatic rings. The van der Waals surface area contributed by atoms with Gasteiger partial charge in [-0.25, -0.2) is 4.98 Å². The first-order chi connectivity index (χ1) is 10.7. The normalized spacial score (nSPS) is 14.8. The average Bonchev–Trinajstić information content (AvgIpc) is 2.55. The van der Waals surface area contributed by atoms with Gasteiger partial charge in [-0.1, -0.05) is 11.6 Å². The zero-order valence-corrected chi connectivity index (χ0v) is 14.0. The van der Waals surface area contributed by atoms with E-state index in [0.29, 0.717) is 10.6 Å². The summed E-state index contributed by atoms with van der Waals surface area (Å²) < 4.78 is 0.851. The lowest BCUT2D eigenvalue weighted by atomic mass is 10.1. The molecule has 1 aliphatic rings. The Labute approximate surface area is 142 Å². The molecule has 1 saturated heterocycles. The number of rotatable bonds is 2. The van der Waals surface area contributed by atoms with Gasteiger partial charge in [-0.2, -0.15) is 5.26 Å². The van der Waals surface area contributed by atoms with E-state index in [2.05, 4.69) is 41.8 Å². The summed E-state index contributed by atoms with van der Waals surface area (Å²) in [6, 6.07) is 5.76. The van der Waals surface area contributed by atoms with Crippen molar-refractivity contribution in [2.75, 3.05) is 36.0 Å². The largest absolute Gasteiger partial charge is 0.366 e. The lowest BCUT2D eigenvalue weighted by Gasteiger charge is -2.37. The minimum Gasteiger partial charge on any atom is -0.366 e. The molecule has 22 heavy (non-hydrogen) atoms. The highest BCUT2D eigenvalue weighted by molar-refractivity contribution is 9.10. The second kappa shape index (κ2) is 6.51. The fraction of sp³-hybridized carbons (Fsp3) is 0.267. The zero-order chi connectivity index (χ0) is 15.5. The van der Waals surface area contributed by atoms with E-state index in [0.717, 1.165) is 42.2 Å². The maximum Gasteiger partial charge on any atom is 0.147 e. The molecule has 1 aromatic carbocycles. The molecule has 0 N–H and O–H groups in total. The summed E-state index contributed by atoms with van der Waals surface area (Å²) >= 11 is 9.54. The molecule has 1 fully saturated rings. The number of halogens is 2. The van der Waals surface area contributed by atoms with E-state index in [4.69, 9.17) is 11.6 Å². The third kappa shape index (κ3) is 3.01. The fourth-order valence-electron chi connectivity index (χ4n) is 2.59. The highest BCUT2D eigenvalue weighted by Gasteiger charge is 2.22. The number of hydrogen-bond donors (Lipinski definition) is 0. The molecule has 5 nitrogen and oxygen atoms in total. The first kappa shape index (κ1) is 15.1. The van der Waals surface area contributed by atoms with E-state index in [1.807, 2.05) is 6.07 Å². The average molecular weight is 379 g/mol. The van der Waals surface area contributed by atoms with Gasteiger partial charge in [0.05, 0.1) is 17.4 Å². The third-order valence-electron chi connectivity index (χ3n) is 3.62. The summed E-state index contributed by atoms with van der Waals surface area (Å²) in [7, 11) is 0. The van der Waals surface area contributed by atoms with Crippen molar-refractivity contribution in [3.05, 3.63) is 45.8 Å². The fourth-order valence-corrected chi connectivity index (χ4v) is 3.65. The highest BCUT2D eigenvalue weighted by atomic mass is 79.9. The lowest BCUT2D eigenvalue weighted by molar-refractivity contribution is 0.645. The van der Waals surface area contributed by atoms with Gasteiger partial charge >= 0.3 is 0 Å². The quantitative estimate of drug-likeness (QED) is 0.804. The molecule has 0 amide bonds. The van der Waals surface area contributed by atoms with Crippen LogP contribution in [0.3, 0.4) is 0 Å². The maximum atomic E-state index is 9.34. The topological polar surface area (TPSA) is 56.1 Å². The van der Waals surface area contributed by atoms with Crippen LogP contribution in [0.5, 0.6) is 0 Å². The monoisotopic (exact) mass is 377 g/mol.